The summed E-state index contributed by atoms with van der Waals surface area (Å²) >= 11 is 0. The Balaban J connectivity index is 0.00000256. The van der Waals surface area contributed by atoms with Crippen molar-refractivity contribution in [1.82, 2.24) is 4.98 Å². The minimum atomic E-state index is -1.04. The number of pyridine rings is 1. The highest BCUT2D eigenvalue weighted by Crippen LogP contribution is 2.21. The Bertz CT molecular complexity index is 420. The van der Waals surface area contributed by atoms with Crippen molar-refractivity contribution in [2.45, 2.75) is 31.6 Å². The molecule has 0 amide bonds. The highest BCUT2D eigenvalue weighted by molar-refractivity contribution is 7.85. The molecule has 0 saturated heterocycles. The highest BCUT2D eigenvalue weighted by atomic mass is 32.2. The van der Waals surface area contributed by atoms with Gasteiger partial charge in [-0.3, -0.25) is 9.19 Å². The van der Waals surface area contributed by atoms with Crippen LogP contribution in [0, 0.1) is 0 Å². The van der Waals surface area contributed by atoms with Crippen LogP contribution in [-0.2, 0) is 10.8 Å². The standard InChI is InChI=1S/C11H16N2O2S.H2S/c1-4-16(15)10-5-9(7-13-14)6-12-11(10)8(2)3;/h5-8,14H,4H2,1-3H3;1H2/b13-7+;. The first-order valence-electron chi connectivity index (χ1n) is 5.15. The average molecular weight is 274 g/mol. The van der Waals surface area contributed by atoms with E-state index in [4.69, 9.17) is 5.21 Å². The third kappa shape index (κ3) is 4.12. The molecular formula is C11H18N2O2S2. The predicted octanol–water partition coefficient (Wildman–Crippen LogP) is 2.25. The molecule has 0 bridgehead atoms. The number of nitrogens with zero attached hydrogens (tertiary/aromatic N) is 2. The van der Waals surface area contributed by atoms with Crippen LogP contribution in [0.5, 0.6) is 0 Å². The van der Waals surface area contributed by atoms with Crippen molar-refractivity contribution >= 4 is 30.5 Å². The van der Waals surface area contributed by atoms with Gasteiger partial charge >= 0.3 is 0 Å². The molecule has 6 heteroatoms. The van der Waals surface area contributed by atoms with Gasteiger partial charge in [0.15, 0.2) is 0 Å². The summed E-state index contributed by atoms with van der Waals surface area (Å²) in [7, 11) is -1.04. The van der Waals surface area contributed by atoms with Gasteiger partial charge in [-0.05, 0) is 12.0 Å². The molecule has 1 aromatic heterocycles. The highest BCUT2D eigenvalue weighted by Gasteiger charge is 2.13. The lowest BCUT2D eigenvalue weighted by Gasteiger charge is -2.10. The van der Waals surface area contributed by atoms with Crippen LogP contribution in [0.2, 0.25) is 0 Å². The lowest BCUT2D eigenvalue weighted by molar-refractivity contribution is 0.322. The molecule has 0 saturated carbocycles. The van der Waals surface area contributed by atoms with E-state index in [1.807, 2.05) is 20.8 Å². The summed E-state index contributed by atoms with van der Waals surface area (Å²) in [6.07, 6.45) is 2.90. The fourth-order valence-corrected chi connectivity index (χ4v) is 2.48. The Morgan fingerprint density at radius 2 is 2.24 bits per heavy atom. The molecule has 96 valence electrons. The van der Waals surface area contributed by atoms with Gasteiger partial charge in [0.2, 0.25) is 0 Å². The second-order valence-corrected chi connectivity index (χ2v) is 5.39. The number of hydrogen-bond acceptors (Lipinski definition) is 4. The molecule has 1 atom stereocenters. The molecule has 1 unspecified atom stereocenters. The van der Waals surface area contributed by atoms with Gasteiger partial charge in [-0.15, -0.1) is 0 Å². The maximum absolute atomic E-state index is 11.9. The topological polar surface area (TPSA) is 62.5 Å². The van der Waals surface area contributed by atoms with Gasteiger partial charge in [0.25, 0.3) is 0 Å². The van der Waals surface area contributed by atoms with Gasteiger partial charge in [0.1, 0.15) is 0 Å². The van der Waals surface area contributed by atoms with Crippen molar-refractivity contribution in [3.8, 4) is 0 Å². The Morgan fingerprint density at radius 3 is 2.71 bits per heavy atom. The Hall–Kier alpha value is -0.880. The minimum absolute atomic E-state index is 0. The second-order valence-electron chi connectivity index (χ2n) is 3.69. The number of aromatic nitrogens is 1. The van der Waals surface area contributed by atoms with Crippen LogP contribution in [-0.4, -0.2) is 26.4 Å². The first-order chi connectivity index (χ1) is 7.60. The molecular weight excluding hydrogens is 256 g/mol. The fraction of sp³-hybridized carbons (Fsp3) is 0.455. The first-order valence-corrected chi connectivity index (χ1v) is 6.47. The predicted molar refractivity (Wildman–Crippen MR) is 75.0 cm³/mol. The molecule has 17 heavy (non-hydrogen) atoms. The first kappa shape index (κ1) is 16.1. The third-order valence-corrected chi connectivity index (χ3v) is 3.51. The molecule has 0 fully saturated rings. The van der Waals surface area contributed by atoms with Crippen LogP contribution in [0.25, 0.3) is 0 Å². The average Bonchev–Trinajstić information content (AvgIpc) is 2.28. The summed E-state index contributed by atoms with van der Waals surface area (Å²) in [4.78, 5) is 5.00. The van der Waals surface area contributed by atoms with E-state index in [9.17, 15) is 4.21 Å². The second kappa shape index (κ2) is 7.45. The van der Waals surface area contributed by atoms with Crippen LogP contribution >= 0.6 is 13.5 Å². The Morgan fingerprint density at radius 1 is 1.59 bits per heavy atom. The van der Waals surface area contributed by atoms with E-state index in [-0.39, 0.29) is 19.4 Å². The van der Waals surface area contributed by atoms with Crippen LogP contribution in [0.4, 0.5) is 0 Å². The Kier molecular flexibility index (Phi) is 7.06. The summed E-state index contributed by atoms with van der Waals surface area (Å²) in [5, 5.41) is 11.4. The monoisotopic (exact) mass is 274 g/mol. The quantitative estimate of drug-likeness (QED) is 0.520. The molecule has 1 N–H and O–H groups in total. The molecule has 1 aromatic rings. The zero-order valence-electron chi connectivity index (χ0n) is 10.2. The van der Waals surface area contributed by atoms with Crippen molar-refractivity contribution in [2.24, 2.45) is 5.16 Å². The number of oxime groups is 1. The number of rotatable bonds is 4. The van der Waals surface area contributed by atoms with E-state index in [0.717, 1.165) is 10.6 Å². The summed E-state index contributed by atoms with van der Waals surface area (Å²) in [5.74, 6) is 0.784. The van der Waals surface area contributed by atoms with Crippen molar-refractivity contribution in [2.75, 3.05) is 5.75 Å². The smallest absolute Gasteiger partial charge is 0.0749 e. The maximum atomic E-state index is 11.9. The summed E-state index contributed by atoms with van der Waals surface area (Å²) < 4.78 is 11.9. The van der Waals surface area contributed by atoms with E-state index in [1.54, 1.807) is 12.3 Å². The van der Waals surface area contributed by atoms with Crippen LogP contribution in [0.3, 0.4) is 0 Å². The van der Waals surface area contributed by atoms with Crippen LogP contribution in [0.1, 0.15) is 37.9 Å². The van der Waals surface area contributed by atoms with Gasteiger partial charge in [-0.2, -0.15) is 13.5 Å². The molecule has 4 nitrogen and oxygen atoms in total. The summed E-state index contributed by atoms with van der Waals surface area (Å²) in [5.41, 5.74) is 1.50. The molecule has 0 spiro atoms. The van der Waals surface area contributed by atoms with Crippen LogP contribution in [0.15, 0.2) is 22.3 Å². The Labute approximate surface area is 111 Å². The SMILES string of the molecule is CCS(=O)c1cc(/C=N/O)cnc1C(C)C.S. The molecule has 0 aliphatic rings. The molecule has 1 rings (SSSR count). The summed E-state index contributed by atoms with van der Waals surface area (Å²) in [6, 6.07) is 1.77. The zero-order chi connectivity index (χ0) is 12.1. The fourth-order valence-electron chi connectivity index (χ4n) is 1.38. The van der Waals surface area contributed by atoms with Gasteiger partial charge in [-0.1, -0.05) is 25.9 Å². The lowest BCUT2D eigenvalue weighted by Crippen LogP contribution is -2.05. The van der Waals surface area contributed by atoms with Gasteiger partial charge in [0, 0.05) is 17.5 Å². The van der Waals surface area contributed by atoms with Gasteiger partial charge < -0.3 is 5.21 Å². The van der Waals surface area contributed by atoms with Crippen molar-refractivity contribution in [3.63, 3.8) is 0 Å². The van der Waals surface area contributed by atoms with E-state index in [0.29, 0.717) is 11.3 Å². The molecule has 0 aliphatic heterocycles. The third-order valence-electron chi connectivity index (χ3n) is 2.16. The molecule has 0 radical (unpaired) electrons. The maximum Gasteiger partial charge on any atom is 0.0749 e. The molecule has 1 heterocycles. The van der Waals surface area contributed by atoms with E-state index < -0.39 is 10.8 Å². The van der Waals surface area contributed by atoms with Crippen LogP contribution < -0.4 is 0 Å². The van der Waals surface area contributed by atoms with Gasteiger partial charge in [-0.25, -0.2) is 0 Å². The molecule has 0 aromatic carbocycles. The van der Waals surface area contributed by atoms with Crippen molar-refractivity contribution in [3.05, 3.63) is 23.5 Å². The van der Waals surface area contributed by atoms with E-state index >= 15 is 0 Å². The van der Waals surface area contributed by atoms with Gasteiger partial charge in [0.05, 0.1) is 27.6 Å². The normalized spacial score (nSPS) is 12.7. The number of hydrogen-bond donors (Lipinski definition) is 1. The van der Waals surface area contributed by atoms with Crippen molar-refractivity contribution in [1.29, 1.82) is 0 Å². The van der Waals surface area contributed by atoms with Crippen molar-refractivity contribution < 1.29 is 9.42 Å². The minimum Gasteiger partial charge on any atom is -0.411 e. The summed E-state index contributed by atoms with van der Waals surface area (Å²) in [6.45, 7) is 5.89. The lowest BCUT2D eigenvalue weighted by atomic mass is 10.1. The van der Waals surface area contributed by atoms with E-state index in [2.05, 4.69) is 10.1 Å². The largest absolute Gasteiger partial charge is 0.411 e. The van der Waals surface area contributed by atoms with E-state index in [1.165, 1.54) is 6.21 Å². The molecule has 0 aliphatic carbocycles. The zero-order valence-corrected chi connectivity index (χ0v) is 12.0.